The minimum Gasteiger partial charge on any atom is -0.372 e. The molecule has 1 heterocycles. The fraction of sp³-hybridized carbons (Fsp3) is 0.231. The lowest BCUT2D eigenvalue weighted by atomic mass is 10.1. The highest BCUT2D eigenvalue weighted by atomic mass is 127. The molecule has 0 aliphatic rings. The highest BCUT2D eigenvalue weighted by Crippen LogP contribution is 2.25. The van der Waals surface area contributed by atoms with Gasteiger partial charge in [0, 0.05) is 12.6 Å². The summed E-state index contributed by atoms with van der Waals surface area (Å²) in [6.45, 7) is 3.79. The Labute approximate surface area is 119 Å². The largest absolute Gasteiger partial charge is 0.372 e. The van der Waals surface area contributed by atoms with Gasteiger partial charge in [0.05, 0.1) is 9.26 Å². The van der Waals surface area contributed by atoms with E-state index in [9.17, 15) is 4.39 Å². The summed E-state index contributed by atoms with van der Waals surface area (Å²) in [4.78, 5) is 8.92. The summed E-state index contributed by atoms with van der Waals surface area (Å²) >= 11 is 2.21. The molecule has 2 rings (SSSR count). The summed E-state index contributed by atoms with van der Waals surface area (Å²) in [6.07, 6.45) is 0. The lowest BCUT2D eigenvalue weighted by molar-refractivity contribution is 0.627. The third-order valence-electron chi connectivity index (χ3n) is 2.68. The molecule has 3 nitrogen and oxygen atoms in total. The number of rotatable bonds is 2. The van der Waals surface area contributed by atoms with Gasteiger partial charge in [-0.15, -0.1) is 0 Å². The molecule has 0 bridgehead atoms. The zero-order valence-electron chi connectivity index (χ0n) is 10.4. The molecule has 0 aliphatic carbocycles. The maximum absolute atomic E-state index is 13.1. The van der Waals surface area contributed by atoms with Gasteiger partial charge in [0.2, 0.25) is 0 Å². The Kier molecular flexibility index (Phi) is 3.79. The van der Waals surface area contributed by atoms with Gasteiger partial charge in [0.1, 0.15) is 11.6 Å². The third kappa shape index (κ3) is 2.45. The molecule has 0 saturated carbocycles. The van der Waals surface area contributed by atoms with E-state index >= 15 is 0 Å². The maximum Gasteiger partial charge on any atom is 0.162 e. The number of hydrogen-bond acceptors (Lipinski definition) is 3. The van der Waals surface area contributed by atoms with Crippen LogP contribution < -0.4 is 5.32 Å². The van der Waals surface area contributed by atoms with Crippen molar-refractivity contribution in [1.29, 1.82) is 0 Å². The first kappa shape index (κ1) is 13.2. The highest BCUT2D eigenvalue weighted by Gasteiger charge is 2.11. The summed E-state index contributed by atoms with van der Waals surface area (Å²) < 4.78 is 14.1. The summed E-state index contributed by atoms with van der Waals surface area (Å²) in [5.41, 5.74) is 2.60. The number of halogens is 2. The van der Waals surface area contributed by atoms with Gasteiger partial charge in [-0.25, -0.2) is 14.4 Å². The lowest BCUT2D eigenvalue weighted by Crippen LogP contribution is -2.03. The Hall–Kier alpha value is -1.24. The van der Waals surface area contributed by atoms with Crippen molar-refractivity contribution >= 4 is 28.4 Å². The average Bonchev–Trinajstić information content (AvgIpc) is 2.32. The van der Waals surface area contributed by atoms with Gasteiger partial charge in [0.25, 0.3) is 0 Å². The second-order valence-electron chi connectivity index (χ2n) is 4.00. The van der Waals surface area contributed by atoms with Crippen molar-refractivity contribution in [2.45, 2.75) is 13.8 Å². The number of nitrogens with zero attached hydrogens (tertiary/aromatic N) is 2. The first-order chi connectivity index (χ1) is 8.52. The fourth-order valence-electron chi connectivity index (χ4n) is 1.72. The second kappa shape index (κ2) is 5.17. The minimum absolute atomic E-state index is 0.243. The van der Waals surface area contributed by atoms with Crippen LogP contribution in [0.25, 0.3) is 11.4 Å². The Morgan fingerprint density at radius 1 is 1.22 bits per heavy atom. The molecule has 0 spiro atoms. The number of benzene rings is 1. The molecule has 0 amide bonds. The molecule has 1 aromatic heterocycles. The van der Waals surface area contributed by atoms with Crippen molar-refractivity contribution in [3.63, 3.8) is 0 Å². The van der Waals surface area contributed by atoms with E-state index in [1.807, 2.05) is 20.9 Å². The first-order valence-electron chi connectivity index (χ1n) is 5.51. The molecule has 94 valence electrons. The Morgan fingerprint density at radius 2 is 1.94 bits per heavy atom. The van der Waals surface area contributed by atoms with E-state index in [4.69, 9.17) is 0 Å². The number of nitrogens with one attached hydrogen (secondary N) is 1. The molecule has 0 atom stereocenters. The van der Waals surface area contributed by atoms with Crippen LogP contribution >= 0.6 is 22.6 Å². The predicted octanol–water partition coefficient (Wildman–Crippen LogP) is 3.55. The van der Waals surface area contributed by atoms with E-state index < -0.39 is 0 Å². The Balaban J connectivity index is 2.60. The number of aryl methyl sites for hydroxylation is 2. The van der Waals surface area contributed by atoms with Crippen LogP contribution in [0.4, 0.5) is 10.2 Å². The maximum atomic E-state index is 13.1. The van der Waals surface area contributed by atoms with Gasteiger partial charge in [-0.2, -0.15) is 0 Å². The van der Waals surface area contributed by atoms with Gasteiger partial charge in [-0.05, 0) is 60.2 Å². The molecule has 1 aromatic carbocycles. The van der Waals surface area contributed by atoms with Crippen molar-refractivity contribution in [3.8, 4) is 11.4 Å². The van der Waals surface area contributed by atoms with Crippen LogP contribution in [0.15, 0.2) is 18.2 Å². The van der Waals surface area contributed by atoms with E-state index in [1.165, 1.54) is 12.1 Å². The van der Waals surface area contributed by atoms with E-state index in [0.717, 1.165) is 26.2 Å². The van der Waals surface area contributed by atoms with Gasteiger partial charge in [-0.1, -0.05) is 0 Å². The van der Waals surface area contributed by atoms with E-state index in [2.05, 4.69) is 37.9 Å². The molecular formula is C13H13FIN3. The number of anilines is 1. The fourth-order valence-corrected chi connectivity index (χ4v) is 2.23. The van der Waals surface area contributed by atoms with E-state index in [1.54, 1.807) is 6.07 Å². The van der Waals surface area contributed by atoms with Crippen molar-refractivity contribution in [3.05, 3.63) is 38.8 Å². The molecule has 0 fully saturated rings. The van der Waals surface area contributed by atoms with Crippen LogP contribution in [0.5, 0.6) is 0 Å². The van der Waals surface area contributed by atoms with Crippen LogP contribution in [0, 0.1) is 23.2 Å². The quantitative estimate of drug-likeness (QED) is 0.836. The monoisotopic (exact) mass is 357 g/mol. The van der Waals surface area contributed by atoms with Crippen LogP contribution in [0.3, 0.4) is 0 Å². The van der Waals surface area contributed by atoms with Crippen molar-refractivity contribution in [2.24, 2.45) is 0 Å². The molecule has 0 saturated heterocycles. The molecule has 18 heavy (non-hydrogen) atoms. The summed E-state index contributed by atoms with van der Waals surface area (Å²) in [5, 5.41) is 3.04. The molecule has 0 aliphatic heterocycles. The average molecular weight is 357 g/mol. The lowest BCUT2D eigenvalue weighted by Gasteiger charge is -2.10. The second-order valence-corrected chi connectivity index (χ2v) is 5.08. The van der Waals surface area contributed by atoms with Gasteiger partial charge < -0.3 is 5.32 Å². The van der Waals surface area contributed by atoms with Crippen LogP contribution in [0.1, 0.15) is 11.3 Å². The zero-order chi connectivity index (χ0) is 13.3. The van der Waals surface area contributed by atoms with Gasteiger partial charge in [0.15, 0.2) is 5.82 Å². The number of hydrogen-bond donors (Lipinski definition) is 1. The van der Waals surface area contributed by atoms with Crippen molar-refractivity contribution in [1.82, 2.24) is 9.97 Å². The summed E-state index contributed by atoms with van der Waals surface area (Å²) in [7, 11) is 1.82. The number of aromatic nitrogens is 2. The van der Waals surface area contributed by atoms with Crippen LogP contribution in [-0.4, -0.2) is 17.0 Å². The zero-order valence-corrected chi connectivity index (χ0v) is 12.5. The molecule has 5 heteroatoms. The highest BCUT2D eigenvalue weighted by molar-refractivity contribution is 14.1. The Bertz CT molecular complexity index is 599. The summed E-state index contributed by atoms with van der Waals surface area (Å²) in [5.74, 6) is 1.17. The molecular weight excluding hydrogens is 344 g/mol. The standard InChI is InChI=1S/C13H13FIN3/c1-7-6-9(14)4-5-10(7)12-17-8(2)11(15)13(16-3)18-12/h4-6H,1-3H3,(H,16,17,18). The first-order valence-corrected chi connectivity index (χ1v) is 6.59. The Morgan fingerprint density at radius 3 is 2.56 bits per heavy atom. The topological polar surface area (TPSA) is 37.8 Å². The van der Waals surface area contributed by atoms with Crippen molar-refractivity contribution in [2.75, 3.05) is 12.4 Å². The van der Waals surface area contributed by atoms with Crippen LogP contribution in [-0.2, 0) is 0 Å². The SMILES string of the molecule is CNc1nc(-c2ccc(F)cc2C)nc(C)c1I. The normalized spacial score (nSPS) is 10.5. The predicted molar refractivity (Wildman–Crippen MR) is 79.2 cm³/mol. The van der Waals surface area contributed by atoms with Crippen LogP contribution in [0.2, 0.25) is 0 Å². The minimum atomic E-state index is -0.243. The smallest absolute Gasteiger partial charge is 0.162 e. The van der Waals surface area contributed by atoms with E-state index in [-0.39, 0.29) is 5.82 Å². The molecule has 2 aromatic rings. The van der Waals surface area contributed by atoms with E-state index in [0.29, 0.717) is 5.82 Å². The summed E-state index contributed by atoms with van der Waals surface area (Å²) in [6, 6.07) is 4.63. The molecule has 0 radical (unpaired) electrons. The van der Waals surface area contributed by atoms with Gasteiger partial charge in [-0.3, -0.25) is 0 Å². The third-order valence-corrected chi connectivity index (χ3v) is 3.97. The van der Waals surface area contributed by atoms with Crippen molar-refractivity contribution < 1.29 is 4.39 Å². The van der Waals surface area contributed by atoms with Gasteiger partial charge >= 0.3 is 0 Å². The molecule has 1 N–H and O–H groups in total. The molecule has 0 unspecified atom stereocenters.